The highest BCUT2D eigenvalue weighted by Gasteiger charge is 2.58. The maximum atomic E-state index is 12.8. The Hall–Kier alpha value is -2.39. The van der Waals surface area contributed by atoms with Crippen LogP contribution in [-0.4, -0.2) is 52.5 Å². The van der Waals surface area contributed by atoms with Crippen LogP contribution in [0.15, 0.2) is 29.4 Å². The lowest BCUT2D eigenvalue weighted by atomic mass is 9.90. The highest BCUT2D eigenvalue weighted by Crippen LogP contribution is 2.47. The topological polar surface area (TPSA) is 86.7 Å². The zero-order valence-electron chi connectivity index (χ0n) is 20.6. The van der Waals surface area contributed by atoms with Crippen molar-refractivity contribution in [3.05, 3.63) is 24.3 Å². The zero-order chi connectivity index (χ0) is 24.3. The molecular formula is C23H36N2O6Si. The van der Waals surface area contributed by atoms with Gasteiger partial charge in [0.15, 0.2) is 19.8 Å². The second-order valence-electron chi connectivity index (χ2n) is 9.40. The standard InChI is InChI=1S/C23H36N2O6Si/c1-10-30-21(27)20-16(2)23(15-19(26)29-7,31-32(8,9)22(3,4)5)25(24-20)17-11-13-18(28-6)14-12-17/h11-14,16H,10,15H2,1-9H3/t16-,23+/m1/s1. The van der Waals surface area contributed by atoms with E-state index in [9.17, 15) is 9.59 Å². The second-order valence-corrected chi connectivity index (χ2v) is 14.1. The maximum Gasteiger partial charge on any atom is 0.354 e. The largest absolute Gasteiger partial charge is 0.497 e. The van der Waals surface area contributed by atoms with Crippen LogP contribution in [0.4, 0.5) is 5.69 Å². The van der Waals surface area contributed by atoms with E-state index in [1.54, 1.807) is 31.2 Å². The fourth-order valence-electron chi connectivity index (χ4n) is 3.37. The molecule has 2 atom stereocenters. The average molecular weight is 465 g/mol. The van der Waals surface area contributed by atoms with E-state index in [1.807, 2.05) is 19.1 Å². The van der Waals surface area contributed by atoms with Crippen molar-refractivity contribution < 1.29 is 28.2 Å². The smallest absolute Gasteiger partial charge is 0.354 e. The van der Waals surface area contributed by atoms with Gasteiger partial charge in [-0.05, 0) is 49.3 Å². The Labute approximate surface area is 192 Å². The summed E-state index contributed by atoms with van der Waals surface area (Å²) in [4.78, 5) is 25.4. The summed E-state index contributed by atoms with van der Waals surface area (Å²) in [7, 11) is 0.491. The number of rotatable bonds is 8. The number of hydrogen-bond acceptors (Lipinski definition) is 8. The Bertz CT molecular complexity index is 862. The molecule has 1 heterocycles. The number of hydrogen-bond donors (Lipinski definition) is 0. The van der Waals surface area contributed by atoms with Gasteiger partial charge in [-0.15, -0.1) is 0 Å². The molecule has 0 bridgehead atoms. The molecule has 8 nitrogen and oxygen atoms in total. The Morgan fingerprint density at radius 3 is 2.22 bits per heavy atom. The minimum Gasteiger partial charge on any atom is -0.497 e. The Balaban J connectivity index is 2.70. The zero-order valence-corrected chi connectivity index (χ0v) is 21.6. The first kappa shape index (κ1) is 25.9. The monoisotopic (exact) mass is 464 g/mol. The molecule has 0 N–H and O–H groups in total. The first-order valence-corrected chi connectivity index (χ1v) is 13.7. The van der Waals surface area contributed by atoms with E-state index >= 15 is 0 Å². The van der Waals surface area contributed by atoms with Gasteiger partial charge in [-0.1, -0.05) is 27.7 Å². The van der Waals surface area contributed by atoms with Crippen molar-refractivity contribution in [2.24, 2.45) is 11.0 Å². The van der Waals surface area contributed by atoms with Crippen LogP contribution >= 0.6 is 0 Å². The minimum atomic E-state index is -2.44. The van der Waals surface area contributed by atoms with Gasteiger partial charge in [-0.2, -0.15) is 5.10 Å². The van der Waals surface area contributed by atoms with E-state index in [-0.39, 0.29) is 23.8 Å². The summed E-state index contributed by atoms with van der Waals surface area (Å²) < 4.78 is 22.5. The SMILES string of the molecule is CCOC(=O)C1=NN(c2ccc(OC)cc2)[C@@](CC(=O)OC)(O[Si](C)(C)C(C)(C)C)[C@@H]1C. The summed E-state index contributed by atoms with van der Waals surface area (Å²) in [6.45, 7) is 14.4. The van der Waals surface area contributed by atoms with Crippen molar-refractivity contribution in [1.29, 1.82) is 0 Å². The fraction of sp³-hybridized carbons (Fsp3) is 0.609. The molecule has 0 fully saturated rings. The number of methoxy groups -OCH3 is 2. The molecule has 1 aliphatic heterocycles. The van der Waals surface area contributed by atoms with Gasteiger partial charge >= 0.3 is 11.9 Å². The molecule has 1 aromatic carbocycles. The number of hydrazone groups is 1. The number of esters is 2. The third-order valence-corrected chi connectivity index (χ3v) is 10.8. The van der Waals surface area contributed by atoms with E-state index in [0.717, 1.165) is 0 Å². The van der Waals surface area contributed by atoms with Gasteiger partial charge in [0, 0.05) is 0 Å². The molecule has 2 rings (SSSR count). The van der Waals surface area contributed by atoms with Crippen LogP contribution in [0.3, 0.4) is 0 Å². The van der Waals surface area contributed by atoms with Crippen LogP contribution in [-0.2, 0) is 23.5 Å². The lowest BCUT2D eigenvalue weighted by Crippen LogP contribution is -2.60. The van der Waals surface area contributed by atoms with Gasteiger partial charge in [0.2, 0.25) is 0 Å². The summed E-state index contributed by atoms with van der Waals surface area (Å²) in [5.74, 6) is -0.838. The quantitative estimate of drug-likeness (QED) is 0.417. The van der Waals surface area contributed by atoms with Crippen LogP contribution in [0.25, 0.3) is 0 Å². The van der Waals surface area contributed by atoms with Crippen molar-refractivity contribution in [3.63, 3.8) is 0 Å². The van der Waals surface area contributed by atoms with Crippen LogP contribution in [0.1, 0.15) is 41.0 Å². The summed E-state index contributed by atoms with van der Waals surface area (Å²) >= 11 is 0. The molecule has 0 unspecified atom stereocenters. The van der Waals surface area contributed by atoms with Crippen LogP contribution in [0.5, 0.6) is 5.75 Å². The van der Waals surface area contributed by atoms with Crippen LogP contribution in [0.2, 0.25) is 18.1 Å². The van der Waals surface area contributed by atoms with E-state index < -0.39 is 31.9 Å². The summed E-state index contributed by atoms with van der Waals surface area (Å²) in [5, 5.41) is 6.14. The molecule has 0 aliphatic carbocycles. The van der Waals surface area contributed by atoms with Crippen LogP contribution in [0, 0.1) is 5.92 Å². The Morgan fingerprint density at radius 1 is 1.16 bits per heavy atom. The molecule has 1 aliphatic rings. The molecular weight excluding hydrogens is 428 g/mol. The number of carbonyl (C=O) groups excluding carboxylic acids is 2. The van der Waals surface area contributed by atoms with Crippen molar-refractivity contribution >= 4 is 31.7 Å². The summed E-state index contributed by atoms with van der Waals surface area (Å²) in [6, 6.07) is 7.24. The predicted octanol–water partition coefficient (Wildman–Crippen LogP) is 4.35. The molecule has 0 radical (unpaired) electrons. The number of anilines is 1. The van der Waals surface area contributed by atoms with Gasteiger partial charge in [0.05, 0.1) is 38.9 Å². The molecule has 0 spiro atoms. The van der Waals surface area contributed by atoms with E-state index in [2.05, 4.69) is 39.0 Å². The maximum absolute atomic E-state index is 12.8. The van der Waals surface area contributed by atoms with E-state index in [0.29, 0.717) is 11.4 Å². The number of ether oxygens (including phenoxy) is 3. The van der Waals surface area contributed by atoms with Gasteiger partial charge < -0.3 is 18.6 Å². The highest BCUT2D eigenvalue weighted by atomic mass is 28.4. The molecule has 9 heteroatoms. The van der Waals surface area contributed by atoms with Gasteiger partial charge in [-0.25, -0.2) is 9.80 Å². The first-order chi connectivity index (χ1) is 14.8. The molecule has 0 amide bonds. The molecule has 1 aromatic rings. The normalized spacial score (nSPS) is 21.2. The number of carbonyl (C=O) groups is 2. The lowest BCUT2D eigenvalue weighted by Gasteiger charge is -2.48. The minimum absolute atomic E-state index is 0.102. The molecule has 0 aromatic heterocycles. The molecule has 0 saturated heterocycles. The van der Waals surface area contributed by atoms with Crippen LogP contribution < -0.4 is 9.75 Å². The van der Waals surface area contributed by atoms with Crippen molar-refractivity contribution in [3.8, 4) is 5.75 Å². The summed E-state index contributed by atoms with van der Waals surface area (Å²) in [5.41, 5.74) is -0.364. The van der Waals surface area contributed by atoms with Crippen molar-refractivity contribution in [2.45, 2.75) is 64.9 Å². The van der Waals surface area contributed by atoms with E-state index in [1.165, 1.54) is 7.11 Å². The molecule has 32 heavy (non-hydrogen) atoms. The Morgan fingerprint density at radius 2 is 1.75 bits per heavy atom. The number of nitrogens with zero attached hydrogens (tertiary/aromatic N) is 2. The lowest BCUT2D eigenvalue weighted by molar-refractivity contribution is -0.146. The molecule has 0 saturated carbocycles. The van der Waals surface area contributed by atoms with Gasteiger partial charge in [0.1, 0.15) is 5.75 Å². The summed E-state index contributed by atoms with van der Waals surface area (Å²) in [6.07, 6.45) is -0.102. The Kier molecular flexibility index (Phi) is 7.78. The number of benzene rings is 1. The first-order valence-electron chi connectivity index (χ1n) is 10.8. The highest BCUT2D eigenvalue weighted by molar-refractivity contribution is 6.74. The van der Waals surface area contributed by atoms with Gasteiger partial charge in [-0.3, -0.25) is 4.79 Å². The third kappa shape index (κ3) is 4.99. The predicted molar refractivity (Wildman–Crippen MR) is 126 cm³/mol. The van der Waals surface area contributed by atoms with Crippen molar-refractivity contribution in [2.75, 3.05) is 25.8 Å². The fourth-order valence-corrected chi connectivity index (χ4v) is 4.89. The van der Waals surface area contributed by atoms with Gasteiger partial charge in [0.25, 0.3) is 0 Å². The van der Waals surface area contributed by atoms with E-state index in [4.69, 9.17) is 18.6 Å². The molecule has 178 valence electrons. The average Bonchev–Trinajstić information content (AvgIpc) is 2.99. The van der Waals surface area contributed by atoms with Crippen molar-refractivity contribution in [1.82, 2.24) is 0 Å². The second kappa shape index (κ2) is 9.62. The third-order valence-electron chi connectivity index (χ3n) is 6.32.